The predicted octanol–water partition coefficient (Wildman–Crippen LogP) is 1.23. The van der Waals surface area contributed by atoms with Gasteiger partial charge in [0, 0.05) is 19.1 Å². The molecule has 0 aliphatic rings. The monoisotopic (exact) mass is 290 g/mol. The molecule has 0 aromatic heterocycles. The van der Waals surface area contributed by atoms with Crippen molar-refractivity contribution in [3.8, 4) is 0 Å². The van der Waals surface area contributed by atoms with Gasteiger partial charge in [0.1, 0.15) is 0 Å². The fourth-order valence-corrected chi connectivity index (χ4v) is 1.64. The summed E-state index contributed by atoms with van der Waals surface area (Å²) in [5.74, 6) is 0.672. The Labute approximate surface area is 124 Å². The highest BCUT2D eigenvalue weighted by Gasteiger charge is 2.11. The summed E-state index contributed by atoms with van der Waals surface area (Å²) < 4.78 is 16.3. The average Bonchev–Trinajstić information content (AvgIpc) is 2.43. The van der Waals surface area contributed by atoms with Crippen LogP contribution in [0.5, 0.6) is 0 Å². The molecule has 1 N–H and O–H groups in total. The van der Waals surface area contributed by atoms with Crippen LogP contribution in [-0.2, 0) is 14.2 Å². The number of rotatable bonds is 14. The second kappa shape index (κ2) is 13.8. The molecule has 122 valence electrons. The van der Waals surface area contributed by atoms with E-state index in [2.05, 4.69) is 38.0 Å². The molecule has 0 amide bonds. The van der Waals surface area contributed by atoms with E-state index in [-0.39, 0.29) is 0 Å². The van der Waals surface area contributed by atoms with Gasteiger partial charge in [-0.1, -0.05) is 13.8 Å². The van der Waals surface area contributed by atoms with Crippen LogP contribution in [0.4, 0.5) is 0 Å². The summed E-state index contributed by atoms with van der Waals surface area (Å²) in [5, 5.41) is 3.03. The van der Waals surface area contributed by atoms with Gasteiger partial charge in [0.2, 0.25) is 0 Å². The van der Waals surface area contributed by atoms with Crippen molar-refractivity contribution in [2.24, 2.45) is 5.92 Å². The number of hydrogen-bond acceptors (Lipinski definition) is 5. The first-order chi connectivity index (χ1) is 9.59. The van der Waals surface area contributed by atoms with Crippen molar-refractivity contribution < 1.29 is 14.2 Å². The molecule has 20 heavy (non-hydrogen) atoms. The Morgan fingerprint density at radius 3 is 1.85 bits per heavy atom. The molecular formula is C15H34N2O3. The van der Waals surface area contributed by atoms with Crippen LogP contribution in [-0.4, -0.2) is 77.8 Å². The van der Waals surface area contributed by atoms with Crippen molar-refractivity contribution in [3.63, 3.8) is 0 Å². The normalized spacial score (nSPS) is 13.3. The van der Waals surface area contributed by atoms with Gasteiger partial charge in [-0.05, 0) is 26.9 Å². The summed E-state index contributed by atoms with van der Waals surface area (Å²) in [6.45, 7) is 12.7. The number of nitrogens with one attached hydrogen (secondary N) is 1. The highest BCUT2D eigenvalue weighted by molar-refractivity contribution is 4.66. The molecule has 1 unspecified atom stereocenters. The van der Waals surface area contributed by atoms with Crippen molar-refractivity contribution in [2.75, 3.05) is 66.8 Å². The molecule has 0 rings (SSSR count). The van der Waals surface area contributed by atoms with Gasteiger partial charge in [0.15, 0.2) is 0 Å². The molecule has 1 atom stereocenters. The smallest absolute Gasteiger partial charge is 0.0701 e. The van der Waals surface area contributed by atoms with Gasteiger partial charge in [-0.2, -0.15) is 0 Å². The third-order valence-corrected chi connectivity index (χ3v) is 3.49. The molecule has 0 aromatic carbocycles. The lowest BCUT2D eigenvalue weighted by Crippen LogP contribution is -2.35. The maximum absolute atomic E-state index is 5.56. The van der Waals surface area contributed by atoms with Gasteiger partial charge in [0.25, 0.3) is 0 Å². The molecule has 5 nitrogen and oxygen atoms in total. The van der Waals surface area contributed by atoms with Crippen molar-refractivity contribution >= 4 is 0 Å². The molecule has 0 saturated carbocycles. The SMILES string of the molecule is CNCCOCCOCCOCCN(C)C(C)C(C)C. The zero-order valence-electron chi connectivity index (χ0n) is 14.0. The van der Waals surface area contributed by atoms with Crippen LogP contribution in [0.15, 0.2) is 0 Å². The minimum absolute atomic E-state index is 0.588. The van der Waals surface area contributed by atoms with Crippen LogP contribution in [0.2, 0.25) is 0 Å². The van der Waals surface area contributed by atoms with Gasteiger partial charge in [0.05, 0.1) is 39.6 Å². The number of hydrogen-bond donors (Lipinski definition) is 1. The van der Waals surface area contributed by atoms with E-state index < -0.39 is 0 Å². The summed E-state index contributed by atoms with van der Waals surface area (Å²) in [5.41, 5.74) is 0. The lowest BCUT2D eigenvalue weighted by Gasteiger charge is -2.27. The average molecular weight is 290 g/mol. The Bertz CT molecular complexity index is 204. The van der Waals surface area contributed by atoms with Crippen LogP contribution in [0.25, 0.3) is 0 Å². The first kappa shape index (κ1) is 19.8. The highest BCUT2D eigenvalue weighted by atomic mass is 16.5. The third kappa shape index (κ3) is 11.6. The van der Waals surface area contributed by atoms with Gasteiger partial charge in [-0.3, -0.25) is 0 Å². The lowest BCUT2D eigenvalue weighted by molar-refractivity contribution is 0.0100. The fraction of sp³-hybridized carbons (Fsp3) is 1.00. The maximum atomic E-state index is 5.56. The topological polar surface area (TPSA) is 43.0 Å². The highest BCUT2D eigenvalue weighted by Crippen LogP contribution is 2.06. The van der Waals surface area contributed by atoms with E-state index in [1.165, 1.54) is 0 Å². The first-order valence-electron chi connectivity index (χ1n) is 7.67. The second-order valence-corrected chi connectivity index (χ2v) is 5.41. The largest absolute Gasteiger partial charge is 0.378 e. The lowest BCUT2D eigenvalue weighted by atomic mass is 10.1. The van der Waals surface area contributed by atoms with E-state index >= 15 is 0 Å². The standard InChI is InChI=1S/C15H34N2O3/c1-14(2)15(3)17(5)7-9-19-11-13-20-12-10-18-8-6-16-4/h14-16H,6-13H2,1-5H3. The summed E-state index contributed by atoms with van der Waals surface area (Å²) in [7, 11) is 4.06. The van der Waals surface area contributed by atoms with Crippen molar-refractivity contribution in [3.05, 3.63) is 0 Å². The summed E-state index contributed by atoms with van der Waals surface area (Å²) >= 11 is 0. The van der Waals surface area contributed by atoms with Crippen molar-refractivity contribution in [1.82, 2.24) is 10.2 Å². The Hall–Kier alpha value is -0.200. The van der Waals surface area contributed by atoms with Gasteiger partial charge >= 0.3 is 0 Å². The molecule has 0 spiro atoms. The van der Waals surface area contributed by atoms with Crippen LogP contribution in [0, 0.1) is 5.92 Å². The quantitative estimate of drug-likeness (QED) is 0.488. The summed E-state index contributed by atoms with van der Waals surface area (Å²) in [4.78, 5) is 2.33. The van der Waals surface area contributed by atoms with Crippen LogP contribution < -0.4 is 5.32 Å². The van der Waals surface area contributed by atoms with E-state index in [1.54, 1.807) is 0 Å². The van der Waals surface area contributed by atoms with E-state index in [4.69, 9.17) is 14.2 Å². The second-order valence-electron chi connectivity index (χ2n) is 5.41. The van der Waals surface area contributed by atoms with Crippen LogP contribution >= 0.6 is 0 Å². The van der Waals surface area contributed by atoms with Crippen LogP contribution in [0.1, 0.15) is 20.8 Å². The molecule has 0 aliphatic carbocycles. The van der Waals surface area contributed by atoms with Gasteiger partial charge in [-0.15, -0.1) is 0 Å². The van der Waals surface area contributed by atoms with Gasteiger partial charge in [-0.25, -0.2) is 0 Å². The molecule has 0 aromatic rings. The molecule has 0 radical (unpaired) electrons. The van der Waals surface area contributed by atoms with Gasteiger partial charge < -0.3 is 24.4 Å². The zero-order chi connectivity index (χ0) is 15.2. The van der Waals surface area contributed by atoms with E-state index in [9.17, 15) is 0 Å². The minimum atomic E-state index is 0.588. The molecule has 0 fully saturated rings. The Kier molecular flexibility index (Phi) is 13.6. The Morgan fingerprint density at radius 2 is 1.35 bits per heavy atom. The Morgan fingerprint density at radius 1 is 0.850 bits per heavy atom. The maximum Gasteiger partial charge on any atom is 0.0701 e. The zero-order valence-corrected chi connectivity index (χ0v) is 14.0. The fourth-order valence-electron chi connectivity index (χ4n) is 1.64. The summed E-state index contributed by atoms with van der Waals surface area (Å²) in [6.07, 6.45) is 0. The van der Waals surface area contributed by atoms with Crippen molar-refractivity contribution in [1.29, 1.82) is 0 Å². The molecule has 0 bridgehead atoms. The van der Waals surface area contributed by atoms with Crippen molar-refractivity contribution in [2.45, 2.75) is 26.8 Å². The predicted molar refractivity (Wildman–Crippen MR) is 83.3 cm³/mol. The first-order valence-corrected chi connectivity index (χ1v) is 7.67. The molecule has 0 heterocycles. The van der Waals surface area contributed by atoms with Crippen LogP contribution in [0.3, 0.4) is 0 Å². The molecular weight excluding hydrogens is 256 g/mol. The van der Waals surface area contributed by atoms with E-state index in [1.807, 2.05) is 7.05 Å². The molecule has 5 heteroatoms. The van der Waals surface area contributed by atoms with E-state index in [0.717, 1.165) is 26.3 Å². The molecule has 0 saturated heterocycles. The number of nitrogens with zero attached hydrogens (tertiary/aromatic N) is 1. The molecule has 0 aliphatic heterocycles. The number of ether oxygens (including phenoxy) is 3. The summed E-state index contributed by atoms with van der Waals surface area (Å²) in [6, 6.07) is 0.588. The minimum Gasteiger partial charge on any atom is -0.378 e. The Balaban J connectivity index is 3.20. The third-order valence-electron chi connectivity index (χ3n) is 3.49. The number of likely N-dealkylation sites (N-methyl/N-ethyl adjacent to an activating group) is 2. The van der Waals surface area contributed by atoms with E-state index in [0.29, 0.717) is 38.4 Å².